The van der Waals surface area contributed by atoms with E-state index in [1.54, 1.807) is 4.68 Å². The molecule has 0 spiro atoms. The summed E-state index contributed by atoms with van der Waals surface area (Å²) in [4.78, 5) is 12.7. The van der Waals surface area contributed by atoms with E-state index in [0.29, 0.717) is 0 Å². The number of nitrogens with zero attached hydrogens (tertiary/aromatic N) is 6. The summed E-state index contributed by atoms with van der Waals surface area (Å²) in [5.41, 5.74) is 6.29. The summed E-state index contributed by atoms with van der Waals surface area (Å²) in [6.45, 7) is 5.87. The summed E-state index contributed by atoms with van der Waals surface area (Å²) in [6.07, 6.45) is 1.80. The summed E-state index contributed by atoms with van der Waals surface area (Å²) in [5, 5.41) is 18.8. The van der Waals surface area contributed by atoms with Crippen LogP contribution in [-0.2, 0) is 11.2 Å². The van der Waals surface area contributed by atoms with Crippen LogP contribution in [0, 0.1) is 20.8 Å². The number of benzene rings is 2. The molecule has 0 aliphatic rings. The van der Waals surface area contributed by atoms with Crippen LogP contribution in [0.15, 0.2) is 54.9 Å². The van der Waals surface area contributed by atoms with Gasteiger partial charge in [0.15, 0.2) is 0 Å². The molecule has 0 aliphatic carbocycles. The van der Waals surface area contributed by atoms with Crippen LogP contribution in [0.1, 0.15) is 22.5 Å². The molecule has 4 aromatic rings. The molecule has 2 heterocycles. The van der Waals surface area contributed by atoms with Gasteiger partial charge in [0.05, 0.1) is 23.5 Å². The van der Waals surface area contributed by atoms with Crippen LogP contribution < -0.4 is 5.32 Å². The molecule has 0 unspecified atom stereocenters. The zero-order valence-corrected chi connectivity index (χ0v) is 16.5. The van der Waals surface area contributed by atoms with Gasteiger partial charge in [0, 0.05) is 16.9 Å². The van der Waals surface area contributed by atoms with Gasteiger partial charge >= 0.3 is 0 Å². The number of para-hydroxylation sites is 1. The number of tetrazole rings is 1. The van der Waals surface area contributed by atoms with Gasteiger partial charge in [0.25, 0.3) is 0 Å². The lowest BCUT2D eigenvalue weighted by Gasteiger charge is -2.10. The average Bonchev–Trinajstić information content (AvgIpc) is 3.33. The Bertz CT molecular complexity index is 1150. The van der Waals surface area contributed by atoms with Crippen LogP contribution in [0.3, 0.4) is 0 Å². The Balaban J connectivity index is 1.51. The molecule has 29 heavy (non-hydrogen) atoms. The monoisotopic (exact) mass is 387 g/mol. The summed E-state index contributed by atoms with van der Waals surface area (Å²) in [6, 6.07) is 15.5. The summed E-state index contributed by atoms with van der Waals surface area (Å²) in [7, 11) is 0. The SMILES string of the molecule is Cc1cc(NC(=O)Cc2c(C)nn(-c3ccccc3)c2C)ccc1-n1cnnn1. The number of anilines is 1. The molecule has 146 valence electrons. The number of amides is 1. The van der Waals surface area contributed by atoms with E-state index in [-0.39, 0.29) is 12.3 Å². The average molecular weight is 387 g/mol. The molecular weight excluding hydrogens is 366 g/mol. The van der Waals surface area contributed by atoms with Crippen LogP contribution >= 0.6 is 0 Å². The molecule has 2 aromatic heterocycles. The Kier molecular flexibility index (Phi) is 4.90. The van der Waals surface area contributed by atoms with E-state index in [2.05, 4.69) is 25.9 Å². The largest absolute Gasteiger partial charge is 0.326 e. The third kappa shape index (κ3) is 3.77. The first kappa shape index (κ1) is 18.5. The maximum absolute atomic E-state index is 12.7. The molecule has 1 N–H and O–H groups in total. The third-order valence-electron chi connectivity index (χ3n) is 4.86. The number of hydrogen-bond donors (Lipinski definition) is 1. The molecule has 0 atom stereocenters. The van der Waals surface area contributed by atoms with Crippen molar-refractivity contribution in [3.63, 3.8) is 0 Å². The topological polar surface area (TPSA) is 90.5 Å². The van der Waals surface area contributed by atoms with Crippen molar-refractivity contribution in [2.75, 3.05) is 5.32 Å². The van der Waals surface area contributed by atoms with E-state index in [1.165, 1.54) is 6.33 Å². The lowest BCUT2D eigenvalue weighted by atomic mass is 10.1. The van der Waals surface area contributed by atoms with Crippen LogP contribution in [0.25, 0.3) is 11.4 Å². The molecule has 1 amide bonds. The van der Waals surface area contributed by atoms with Crippen LogP contribution in [0.4, 0.5) is 5.69 Å². The van der Waals surface area contributed by atoms with E-state index in [0.717, 1.165) is 39.6 Å². The van der Waals surface area contributed by atoms with Gasteiger partial charge in [-0.15, -0.1) is 5.10 Å². The van der Waals surface area contributed by atoms with E-state index >= 15 is 0 Å². The van der Waals surface area contributed by atoms with Crippen molar-refractivity contribution >= 4 is 11.6 Å². The highest BCUT2D eigenvalue weighted by Gasteiger charge is 2.16. The minimum Gasteiger partial charge on any atom is -0.326 e. The van der Waals surface area contributed by atoms with Crippen molar-refractivity contribution in [1.82, 2.24) is 30.0 Å². The Morgan fingerprint density at radius 1 is 1.07 bits per heavy atom. The molecule has 8 heteroatoms. The third-order valence-corrected chi connectivity index (χ3v) is 4.86. The molecule has 0 saturated carbocycles. The van der Waals surface area contributed by atoms with Gasteiger partial charge < -0.3 is 5.32 Å². The smallest absolute Gasteiger partial charge is 0.228 e. The van der Waals surface area contributed by atoms with Crippen LogP contribution in [0.2, 0.25) is 0 Å². The number of nitrogens with one attached hydrogen (secondary N) is 1. The quantitative estimate of drug-likeness (QED) is 0.569. The van der Waals surface area contributed by atoms with Gasteiger partial charge in [-0.05, 0) is 67.1 Å². The molecule has 0 saturated heterocycles. The highest BCUT2D eigenvalue weighted by atomic mass is 16.1. The van der Waals surface area contributed by atoms with Gasteiger partial charge in [0.1, 0.15) is 6.33 Å². The van der Waals surface area contributed by atoms with Crippen molar-refractivity contribution in [1.29, 1.82) is 0 Å². The molecule has 2 aromatic carbocycles. The number of aromatic nitrogens is 6. The number of carbonyl (C=O) groups is 1. The predicted molar refractivity (Wildman–Crippen MR) is 109 cm³/mol. The summed E-state index contributed by atoms with van der Waals surface area (Å²) in [5.74, 6) is -0.0848. The second-order valence-electron chi connectivity index (χ2n) is 6.88. The zero-order chi connectivity index (χ0) is 20.4. The number of carbonyl (C=O) groups excluding carboxylic acids is 1. The molecule has 0 bridgehead atoms. The summed E-state index contributed by atoms with van der Waals surface area (Å²) < 4.78 is 3.47. The van der Waals surface area contributed by atoms with Gasteiger partial charge in [-0.2, -0.15) is 5.10 Å². The highest BCUT2D eigenvalue weighted by Crippen LogP contribution is 2.21. The lowest BCUT2D eigenvalue weighted by Crippen LogP contribution is -2.15. The first-order valence-electron chi connectivity index (χ1n) is 9.27. The molecule has 0 fully saturated rings. The maximum atomic E-state index is 12.7. The van der Waals surface area contributed by atoms with Crippen molar-refractivity contribution < 1.29 is 4.79 Å². The molecule has 8 nitrogen and oxygen atoms in total. The number of hydrogen-bond acceptors (Lipinski definition) is 5. The minimum absolute atomic E-state index is 0.0848. The number of rotatable bonds is 5. The predicted octanol–water partition coefficient (Wildman–Crippen LogP) is 2.95. The molecule has 4 rings (SSSR count). The van der Waals surface area contributed by atoms with Crippen molar-refractivity contribution in [3.8, 4) is 11.4 Å². The van der Waals surface area contributed by atoms with E-state index in [1.807, 2.05) is 74.0 Å². The zero-order valence-electron chi connectivity index (χ0n) is 16.5. The van der Waals surface area contributed by atoms with Crippen molar-refractivity contribution in [2.45, 2.75) is 27.2 Å². The Morgan fingerprint density at radius 2 is 1.86 bits per heavy atom. The fourth-order valence-electron chi connectivity index (χ4n) is 3.38. The first-order valence-corrected chi connectivity index (χ1v) is 9.27. The van der Waals surface area contributed by atoms with Crippen molar-refractivity contribution in [3.05, 3.63) is 77.4 Å². The van der Waals surface area contributed by atoms with Gasteiger partial charge in [0.2, 0.25) is 5.91 Å². The van der Waals surface area contributed by atoms with E-state index in [9.17, 15) is 4.79 Å². The Labute approximate surface area is 168 Å². The minimum atomic E-state index is -0.0848. The molecule has 0 radical (unpaired) electrons. The highest BCUT2D eigenvalue weighted by molar-refractivity contribution is 5.92. The Hall–Kier alpha value is -3.81. The standard InChI is InChI=1S/C21H21N7O/c1-14-11-17(9-10-20(14)27-13-22-25-26-27)23-21(29)12-19-15(2)24-28(16(19)3)18-7-5-4-6-8-18/h4-11,13H,12H2,1-3H3,(H,23,29). The normalized spacial score (nSPS) is 10.9. The fourth-order valence-corrected chi connectivity index (χ4v) is 3.38. The van der Waals surface area contributed by atoms with Gasteiger partial charge in [-0.1, -0.05) is 18.2 Å². The van der Waals surface area contributed by atoms with E-state index in [4.69, 9.17) is 0 Å². The Morgan fingerprint density at radius 3 is 2.55 bits per heavy atom. The fraction of sp³-hybridized carbons (Fsp3) is 0.190. The molecule has 0 aliphatic heterocycles. The van der Waals surface area contributed by atoms with Gasteiger partial charge in [-0.25, -0.2) is 9.36 Å². The van der Waals surface area contributed by atoms with Crippen LogP contribution in [-0.4, -0.2) is 35.9 Å². The second kappa shape index (κ2) is 7.67. The van der Waals surface area contributed by atoms with Crippen molar-refractivity contribution in [2.24, 2.45) is 0 Å². The summed E-state index contributed by atoms with van der Waals surface area (Å²) >= 11 is 0. The number of aryl methyl sites for hydroxylation is 2. The first-order chi connectivity index (χ1) is 14.0. The van der Waals surface area contributed by atoms with Crippen LogP contribution in [0.5, 0.6) is 0 Å². The van der Waals surface area contributed by atoms with Gasteiger partial charge in [-0.3, -0.25) is 4.79 Å². The second-order valence-corrected chi connectivity index (χ2v) is 6.88. The molecular formula is C21H21N7O. The lowest BCUT2D eigenvalue weighted by molar-refractivity contribution is -0.115. The maximum Gasteiger partial charge on any atom is 0.228 e. The van der Waals surface area contributed by atoms with E-state index < -0.39 is 0 Å².